The van der Waals surface area contributed by atoms with Crippen molar-refractivity contribution >= 4 is 146 Å². The summed E-state index contributed by atoms with van der Waals surface area (Å²) in [6.07, 6.45) is 3.03. The molecule has 18 rings (SSSR count). The van der Waals surface area contributed by atoms with Gasteiger partial charge in [0.2, 0.25) is 0 Å². The quantitative estimate of drug-likeness (QED) is 0.0324. The third-order valence-corrected chi connectivity index (χ3v) is 22.0. The maximum Gasteiger partial charge on any atom is 0.266 e. The summed E-state index contributed by atoms with van der Waals surface area (Å²) in [5, 5.41) is 10.4. The van der Waals surface area contributed by atoms with Crippen molar-refractivity contribution in [2.24, 2.45) is 0 Å². The lowest BCUT2D eigenvalue weighted by Gasteiger charge is -2.33. The van der Waals surface area contributed by atoms with Gasteiger partial charge in [-0.3, -0.25) is 38.4 Å². The summed E-state index contributed by atoms with van der Waals surface area (Å²) in [6.45, 7) is 16.3. The third kappa shape index (κ3) is 10.4. The van der Waals surface area contributed by atoms with E-state index in [-0.39, 0.29) is 45.9 Å². The second kappa shape index (κ2) is 26.1. The molecule has 2 heterocycles. The minimum absolute atomic E-state index is 0.0850. The van der Waals surface area contributed by atoms with E-state index < -0.39 is 23.6 Å². The fourth-order valence-corrected chi connectivity index (χ4v) is 16.9. The molecule has 0 saturated carbocycles. The van der Waals surface area contributed by atoms with Crippen molar-refractivity contribution in [2.75, 3.05) is 9.80 Å². The average molecular weight is 1440 g/mol. The monoisotopic (exact) mass is 1440 g/mol. The molecule has 14 heteroatoms. The predicted octanol–water partition coefficient (Wildman–Crippen LogP) is 24.0. The second-order valence-electron chi connectivity index (χ2n) is 29.7. The number of hydrogen-bond acceptors (Lipinski definition) is 12. The van der Waals surface area contributed by atoms with Crippen molar-refractivity contribution < 1.29 is 57.3 Å². The number of carbonyl (C=O) groups excluding carboxylic acids is 8. The Morgan fingerprint density at radius 2 is 0.482 bits per heavy atom. The van der Waals surface area contributed by atoms with Crippen LogP contribution in [0.25, 0.3) is 97.3 Å². The van der Waals surface area contributed by atoms with Gasteiger partial charge in [0.25, 0.3) is 23.6 Å². The number of rotatable bonds is 19. The van der Waals surface area contributed by atoms with Crippen molar-refractivity contribution in [2.45, 2.75) is 79.1 Å². The predicted molar refractivity (Wildman–Crippen MR) is 433 cm³/mol. The van der Waals surface area contributed by atoms with Gasteiger partial charge < -0.3 is 18.9 Å². The molecule has 0 saturated heterocycles. The Labute approximate surface area is 631 Å². The summed E-state index contributed by atoms with van der Waals surface area (Å²) in [5.74, 6) is 0.240. The van der Waals surface area contributed by atoms with Crippen LogP contribution in [0, 0.1) is 0 Å². The summed E-state index contributed by atoms with van der Waals surface area (Å²) < 4.78 is 28.5. The molecule has 0 aromatic heterocycles. The smallest absolute Gasteiger partial charge is 0.266 e. The number of benzene rings is 16. The van der Waals surface area contributed by atoms with Crippen LogP contribution < -0.4 is 28.7 Å². The molecule has 2 aliphatic rings. The molecule has 0 atom stereocenters. The number of imide groups is 2. The van der Waals surface area contributed by atoms with Gasteiger partial charge in [-0.1, -0.05) is 152 Å². The van der Waals surface area contributed by atoms with Gasteiger partial charge in [-0.05, 0) is 221 Å². The summed E-state index contributed by atoms with van der Waals surface area (Å²) in [5.41, 5.74) is 8.63. The zero-order valence-corrected chi connectivity index (χ0v) is 61.2. The maximum atomic E-state index is 16.1. The molecule has 0 N–H and O–H groups in total. The topological polar surface area (TPSA) is 180 Å². The molecular weight excluding hydrogens is 1370 g/mol. The molecule has 14 nitrogen and oxygen atoms in total. The number of amides is 4. The number of carbonyl (C=O) groups is 8. The highest BCUT2D eigenvalue weighted by atomic mass is 16.5. The van der Waals surface area contributed by atoms with Crippen LogP contribution in [0.2, 0.25) is 0 Å². The Morgan fingerprint density at radius 1 is 0.245 bits per heavy atom. The van der Waals surface area contributed by atoms with Gasteiger partial charge in [-0.2, -0.15) is 0 Å². The van der Waals surface area contributed by atoms with Gasteiger partial charge in [0.1, 0.15) is 71.1 Å². The lowest BCUT2D eigenvalue weighted by atomic mass is 9.80. The molecule has 4 amide bonds. The van der Waals surface area contributed by atoms with Gasteiger partial charge in [-0.25, -0.2) is 9.80 Å². The van der Waals surface area contributed by atoms with Crippen molar-refractivity contribution in [1.82, 2.24) is 0 Å². The van der Waals surface area contributed by atoms with E-state index in [1.54, 1.807) is 121 Å². The fraction of sp³-hybridized carbons (Fsp3) is 0.125. The second-order valence-corrected chi connectivity index (χ2v) is 29.7. The van der Waals surface area contributed by atoms with Crippen molar-refractivity contribution in [3.8, 4) is 57.1 Å². The first-order valence-corrected chi connectivity index (χ1v) is 36.8. The normalized spacial score (nSPS) is 13.1. The Kier molecular flexibility index (Phi) is 16.1. The van der Waals surface area contributed by atoms with Crippen LogP contribution in [0.5, 0.6) is 46.0 Å². The zero-order valence-electron chi connectivity index (χ0n) is 61.2. The number of aldehydes is 4. The number of ether oxygens (including phenoxy) is 4. The molecule has 0 radical (unpaired) electrons. The van der Waals surface area contributed by atoms with Gasteiger partial charge >= 0.3 is 0 Å². The third-order valence-electron chi connectivity index (χ3n) is 22.0. The molecule has 0 fully saturated rings. The molecule has 534 valence electrons. The first-order valence-electron chi connectivity index (χ1n) is 36.8. The fourth-order valence-electron chi connectivity index (χ4n) is 16.9. The lowest BCUT2D eigenvalue weighted by Crippen LogP contribution is -2.42. The molecule has 2 aliphatic heterocycles. The van der Waals surface area contributed by atoms with E-state index in [9.17, 15) is 19.2 Å². The Morgan fingerprint density at radius 3 is 0.727 bits per heavy atom. The summed E-state index contributed by atoms with van der Waals surface area (Å²) in [7, 11) is 0. The van der Waals surface area contributed by atoms with Crippen LogP contribution in [0.15, 0.2) is 218 Å². The largest absolute Gasteiger partial charge is 0.457 e. The molecule has 0 unspecified atom stereocenters. The standard InChI is InChI=1S/C96H68N2O12/c1-49(2)61-13-9-14-62(50(3)4)91(61)97-93(103)73-41-77(107-57-29-21-53(45-99)22-30-57)85-69-19-11-17-67-65(37-39-71(81(67)69)87-79(43-75(95(97)105)83(73)89(85)87)109-59-33-25-55(47-101)26-34-59)66-38-40-72-82-68(66)18-12-20-70(82)86-78(108-58-31-23-54(46-100)24-32-58)42-74-84-76(44-80(88(72)90(84)86)110-60-35-27-56(48-102)28-36-60)96(106)98(94(74)104)92-63(51(5)6)15-10-16-64(92)52(7)8/h9-52H,1-8H3. The van der Waals surface area contributed by atoms with E-state index in [1.807, 2.05) is 116 Å². The number of hydrogen-bond donors (Lipinski definition) is 0. The van der Waals surface area contributed by atoms with E-state index in [4.69, 9.17) is 18.9 Å². The van der Waals surface area contributed by atoms with Crippen LogP contribution in [-0.2, 0) is 0 Å². The molecule has 0 aliphatic carbocycles. The van der Waals surface area contributed by atoms with Crippen molar-refractivity contribution in [3.63, 3.8) is 0 Å². The van der Waals surface area contributed by atoms with Gasteiger partial charge in [-0.15, -0.1) is 0 Å². The molecule has 0 bridgehead atoms. The van der Waals surface area contributed by atoms with Gasteiger partial charge in [0, 0.05) is 65.3 Å². The molecule has 0 spiro atoms. The molecule has 110 heavy (non-hydrogen) atoms. The highest BCUT2D eigenvalue weighted by Gasteiger charge is 2.43. The van der Waals surface area contributed by atoms with Gasteiger partial charge in [0.15, 0.2) is 0 Å². The van der Waals surface area contributed by atoms with E-state index in [2.05, 4.69) is 36.4 Å². The van der Waals surface area contributed by atoms with Crippen molar-refractivity contribution in [1.29, 1.82) is 0 Å². The first-order chi connectivity index (χ1) is 53.4. The number of fused-ring (bicyclic) bond motifs is 4. The van der Waals surface area contributed by atoms with E-state index >= 15 is 19.2 Å². The Hall–Kier alpha value is -13.7. The summed E-state index contributed by atoms with van der Waals surface area (Å²) >= 11 is 0. The number of nitrogens with zero attached hydrogens (tertiary/aromatic N) is 2. The van der Waals surface area contributed by atoms with Crippen LogP contribution in [-0.4, -0.2) is 48.8 Å². The minimum atomic E-state index is -0.532. The number of para-hydroxylation sites is 2. The molecule has 16 aromatic rings. The van der Waals surface area contributed by atoms with Crippen LogP contribution in [0.3, 0.4) is 0 Å². The van der Waals surface area contributed by atoms with E-state index in [0.717, 1.165) is 102 Å². The van der Waals surface area contributed by atoms with E-state index in [1.165, 1.54) is 9.80 Å². The van der Waals surface area contributed by atoms with Crippen molar-refractivity contribution in [3.05, 3.63) is 285 Å². The maximum absolute atomic E-state index is 16.1. The Balaban J connectivity index is 0.933. The average Bonchev–Trinajstić information content (AvgIpc) is 0.686. The summed E-state index contributed by atoms with van der Waals surface area (Å²) in [4.78, 5) is 116. The van der Waals surface area contributed by atoms with Crippen LogP contribution in [0.4, 0.5) is 11.4 Å². The van der Waals surface area contributed by atoms with Gasteiger partial charge in [0.05, 0.1) is 33.6 Å². The van der Waals surface area contributed by atoms with Crippen LogP contribution in [0.1, 0.15) is 184 Å². The number of anilines is 2. The molecule has 16 aromatic carbocycles. The molecular formula is C96H68N2O12. The zero-order chi connectivity index (χ0) is 76.0. The highest BCUT2D eigenvalue weighted by Crippen LogP contribution is 2.58. The lowest BCUT2D eigenvalue weighted by molar-refractivity contribution is 0.0877. The first kappa shape index (κ1) is 68.1. The van der Waals surface area contributed by atoms with Crippen LogP contribution >= 0.6 is 0 Å². The SMILES string of the molecule is CC(C)c1cccc(C(C)C)c1N1C(=O)c2cc(Oc3ccc(C=O)cc3)c3c4cccc5c(-c6ccc7c8c(Oc9ccc(C=O)cc9)cc9c%10c(cc(Oc%11ccc(C=O)cc%11)c(c%11cccc6c%117)c%108)C(=O)N(c6c(C(C)C)cccc6C(C)C)C9=O)ccc(c6c(Oc7ccc(C=O)cc7)cc(c2c36)C1=O)c54. The van der Waals surface area contributed by atoms with E-state index in [0.29, 0.717) is 123 Å². The highest BCUT2D eigenvalue weighted by molar-refractivity contribution is 6.47. The summed E-state index contributed by atoms with van der Waals surface area (Å²) in [6, 6.07) is 66.1. The Bertz CT molecular complexity index is 5980. The minimum Gasteiger partial charge on any atom is -0.457 e.